The van der Waals surface area contributed by atoms with Gasteiger partial charge in [-0.1, -0.05) is 6.58 Å². The minimum Gasteiger partial charge on any atom is -0.481 e. The molecular formula is C9H12N2O2. The maximum absolute atomic E-state index is 10.9. The van der Waals surface area contributed by atoms with Crippen molar-refractivity contribution in [2.24, 2.45) is 0 Å². The van der Waals surface area contributed by atoms with Crippen LogP contribution in [0.2, 0.25) is 0 Å². The highest BCUT2D eigenvalue weighted by molar-refractivity contribution is 5.55. The monoisotopic (exact) mass is 180 g/mol. The van der Waals surface area contributed by atoms with E-state index in [-0.39, 0.29) is 5.56 Å². The molecule has 1 aromatic heterocycles. The van der Waals surface area contributed by atoms with Gasteiger partial charge >= 0.3 is 0 Å². The first kappa shape index (κ1) is 9.38. The maximum atomic E-state index is 10.9. The Balaban J connectivity index is 3.20. The van der Waals surface area contributed by atoms with Crippen LogP contribution in [0.4, 0.5) is 5.69 Å². The molecule has 1 heterocycles. The summed E-state index contributed by atoms with van der Waals surface area (Å²) < 4.78 is 5.00. The molecule has 1 aromatic rings. The molecule has 0 unspecified atom stereocenters. The maximum Gasteiger partial charge on any atom is 0.250 e. The molecule has 0 bridgehead atoms. The van der Waals surface area contributed by atoms with Crippen LogP contribution >= 0.6 is 0 Å². The Kier molecular flexibility index (Phi) is 2.74. The molecule has 0 saturated heterocycles. The number of anilines is 1. The molecule has 4 heteroatoms. The summed E-state index contributed by atoms with van der Waals surface area (Å²) >= 11 is 0. The molecule has 0 spiro atoms. The lowest BCUT2D eigenvalue weighted by atomic mass is 10.4. The van der Waals surface area contributed by atoms with Gasteiger partial charge in [0.1, 0.15) is 5.69 Å². The van der Waals surface area contributed by atoms with Crippen LogP contribution < -0.4 is 15.2 Å². The number of hydrogen-bond acceptors (Lipinski definition) is 3. The average molecular weight is 180 g/mol. The SMILES string of the molecule is C=CN(C)c1ccc(=O)[nH]c1OC. The van der Waals surface area contributed by atoms with E-state index in [1.165, 1.54) is 13.2 Å². The summed E-state index contributed by atoms with van der Waals surface area (Å²) in [5.41, 5.74) is 0.593. The molecule has 0 fully saturated rings. The Hall–Kier alpha value is -1.71. The van der Waals surface area contributed by atoms with Crippen LogP contribution in [-0.2, 0) is 0 Å². The van der Waals surface area contributed by atoms with Gasteiger partial charge in [-0.25, -0.2) is 0 Å². The number of aromatic nitrogens is 1. The number of ether oxygens (including phenoxy) is 1. The van der Waals surface area contributed by atoms with E-state index in [9.17, 15) is 4.79 Å². The van der Waals surface area contributed by atoms with E-state index in [2.05, 4.69) is 11.6 Å². The molecule has 0 aromatic carbocycles. The fourth-order valence-electron chi connectivity index (χ4n) is 0.980. The second kappa shape index (κ2) is 3.80. The third-order valence-electron chi connectivity index (χ3n) is 1.72. The van der Waals surface area contributed by atoms with Gasteiger partial charge in [0.15, 0.2) is 0 Å². The molecule has 0 atom stereocenters. The van der Waals surface area contributed by atoms with E-state index in [4.69, 9.17) is 4.74 Å². The Labute approximate surface area is 76.5 Å². The number of nitrogens with zero attached hydrogens (tertiary/aromatic N) is 1. The first-order valence-electron chi connectivity index (χ1n) is 3.81. The highest BCUT2D eigenvalue weighted by Crippen LogP contribution is 2.22. The van der Waals surface area contributed by atoms with Crippen molar-refractivity contribution in [3.8, 4) is 5.88 Å². The third kappa shape index (κ3) is 1.90. The largest absolute Gasteiger partial charge is 0.481 e. The molecule has 0 amide bonds. The standard InChI is InChI=1S/C9H12N2O2/c1-4-11(2)7-5-6-8(12)10-9(7)13-3/h4-6H,1H2,2-3H3,(H,10,12). The normalized spacial score (nSPS) is 9.38. The molecule has 0 radical (unpaired) electrons. The van der Waals surface area contributed by atoms with E-state index < -0.39 is 0 Å². The summed E-state index contributed by atoms with van der Waals surface area (Å²) in [6, 6.07) is 3.12. The lowest BCUT2D eigenvalue weighted by molar-refractivity contribution is 0.397. The summed E-state index contributed by atoms with van der Waals surface area (Å²) in [7, 11) is 3.33. The van der Waals surface area contributed by atoms with Crippen LogP contribution in [0.3, 0.4) is 0 Å². The van der Waals surface area contributed by atoms with Gasteiger partial charge in [-0.3, -0.25) is 9.78 Å². The summed E-state index contributed by atoms with van der Waals surface area (Å²) in [6.07, 6.45) is 1.64. The minimum atomic E-state index is -0.182. The third-order valence-corrected chi connectivity index (χ3v) is 1.72. The number of nitrogens with one attached hydrogen (secondary N) is 1. The lowest BCUT2D eigenvalue weighted by Crippen LogP contribution is -2.13. The van der Waals surface area contributed by atoms with Gasteiger partial charge in [-0.05, 0) is 12.3 Å². The molecular weight excluding hydrogens is 168 g/mol. The second-order valence-corrected chi connectivity index (χ2v) is 2.53. The van der Waals surface area contributed by atoms with Crippen molar-refractivity contribution in [3.05, 3.63) is 35.3 Å². The Bertz CT molecular complexity index is 357. The van der Waals surface area contributed by atoms with Crippen molar-refractivity contribution in [1.29, 1.82) is 0 Å². The lowest BCUT2D eigenvalue weighted by Gasteiger charge is -2.15. The van der Waals surface area contributed by atoms with Crippen LogP contribution in [-0.4, -0.2) is 19.1 Å². The van der Waals surface area contributed by atoms with Crippen molar-refractivity contribution in [3.63, 3.8) is 0 Å². The van der Waals surface area contributed by atoms with Crippen molar-refractivity contribution in [2.45, 2.75) is 0 Å². The number of rotatable bonds is 3. The van der Waals surface area contributed by atoms with Crippen molar-refractivity contribution >= 4 is 5.69 Å². The Morgan fingerprint density at radius 1 is 1.62 bits per heavy atom. The average Bonchev–Trinajstić information content (AvgIpc) is 2.16. The van der Waals surface area contributed by atoms with E-state index in [1.54, 1.807) is 17.2 Å². The van der Waals surface area contributed by atoms with Gasteiger partial charge < -0.3 is 9.64 Å². The molecule has 1 rings (SSSR count). The van der Waals surface area contributed by atoms with E-state index in [1.807, 2.05) is 7.05 Å². The molecule has 13 heavy (non-hydrogen) atoms. The molecule has 1 N–H and O–H groups in total. The Morgan fingerprint density at radius 2 is 2.31 bits per heavy atom. The molecule has 70 valence electrons. The van der Waals surface area contributed by atoms with Crippen LogP contribution in [0.15, 0.2) is 29.7 Å². The number of aromatic amines is 1. The van der Waals surface area contributed by atoms with E-state index in [0.717, 1.165) is 5.69 Å². The first-order chi connectivity index (χ1) is 6.19. The van der Waals surface area contributed by atoms with Gasteiger partial charge in [0.05, 0.1) is 7.11 Å². The number of methoxy groups -OCH3 is 1. The van der Waals surface area contributed by atoms with Gasteiger partial charge in [-0.2, -0.15) is 0 Å². The topological polar surface area (TPSA) is 45.3 Å². The number of pyridine rings is 1. The molecule has 0 aliphatic carbocycles. The smallest absolute Gasteiger partial charge is 0.250 e. The molecule has 0 aliphatic rings. The first-order valence-corrected chi connectivity index (χ1v) is 3.81. The minimum absolute atomic E-state index is 0.182. The molecule has 4 nitrogen and oxygen atoms in total. The van der Waals surface area contributed by atoms with Crippen LogP contribution in [0.5, 0.6) is 5.88 Å². The molecule has 0 aliphatic heterocycles. The Morgan fingerprint density at radius 3 is 2.85 bits per heavy atom. The van der Waals surface area contributed by atoms with Gasteiger partial charge in [0.2, 0.25) is 5.88 Å². The van der Waals surface area contributed by atoms with Crippen molar-refractivity contribution in [1.82, 2.24) is 4.98 Å². The van der Waals surface area contributed by atoms with Crippen molar-refractivity contribution in [2.75, 3.05) is 19.1 Å². The fraction of sp³-hybridized carbons (Fsp3) is 0.222. The zero-order valence-electron chi connectivity index (χ0n) is 7.70. The fourth-order valence-corrected chi connectivity index (χ4v) is 0.980. The summed E-state index contributed by atoms with van der Waals surface area (Å²) in [5.74, 6) is 0.440. The van der Waals surface area contributed by atoms with E-state index in [0.29, 0.717) is 5.88 Å². The van der Waals surface area contributed by atoms with Crippen LogP contribution in [0, 0.1) is 0 Å². The number of H-pyrrole nitrogens is 1. The summed E-state index contributed by atoms with van der Waals surface area (Å²) in [5, 5.41) is 0. The second-order valence-electron chi connectivity index (χ2n) is 2.53. The summed E-state index contributed by atoms with van der Waals surface area (Å²) in [6.45, 7) is 3.61. The van der Waals surface area contributed by atoms with Gasteiger partial charge in [-0.15, -0.1) is 0 Å². The predicted molar refractivity (Wildman–Crippen MR) is 52.2 cm³/mol. The van der Waals surface area contributed by atoms with Crippen LogP contribution in [0.1, 0.15) is 0 Å². The van der Waals surface area contributed by atoms with E-state index >= 15 is 0 Å². The summed E-state index contributed by atoms with van der Waals surface area (Å²) in [4.78, 5) is 15.3. The van der Waals surface area contributed by atoms with Crippen LogP contribution in [0.25, 0.3) is 0 Å². The highest BCUT2D eigenvalue weighted by atomic mass is 16.5. The number of hydrogen-bond donors (Lipinski definition) is 1. The quantitative estimate of drug-likeness (QED) is 0.753. The predicted octanol–water partition coefficient (Wildman–Crippen LogP) is 0.963. The highest BCUT2D eigenvalue weighted by Gasteiger charge is 2.05. The van der Waals surface area contributed by atoms with Crippen molar-refractivity contribution < 1.29 is 4.74 Å². The van der Waals surface area contributed by atoms with Gasteiger partial charge in [0.25, 0.3) is 5.56 Å². The molecule has 0 saturated carbocycles. The zero-order chi connectivity index (χ0) is 9.84. The van der Waals surface area contributed by atoms with Gasteiger partial charge in [0, 0.05) is 13.1 Å². The zero-order valence-corrected chi connectivity index (χ0v) is 7.70.